The van der Waals surface area contributed by atoms with Crippen molar-refractivity contribution in [3.05, 3.63) is 62.2 Å². The Morgan fingerprint density at radius 3 is 2.77 bits per heavy atom. The van der Waals surface area contributed by atoms with Crippen LogP contribution < -0.4 is 16.6 Å². The van der Waals surface area contributed by atoms with Crippen LogP contribution in [0.1, 0.15) is 54.1 Å². The van der Waals surface area contributed by atoms with Gasteiger partial charge in [0.1, 0.15) is 12.4 Å². The molecule has 0 unspecified atom stereocenters. The average molecular weight is 480 g/mol. The van der Waals surface area contributed by atoms with E-state index in [9.17, 15) is 23.9 Å². The molecule has 0 spiro atoms. The molecular weight excluding hydrogens is 455 g/mol. The summed E-state index contributed by atoms with van der Waals surface area (Å²) in [6.07, 6.45) is 0.0254. The lowest BCUT2D eigenvalue weighted by Crippen LogP contribution is -2.44. The maximum Gasteiger partial charge on any atom is 0.343 e. The number of amides is 1. The summed E-state index contributed by atoms with van der Waals surface area (Å²) in [5, 5.41) is 14.6. The number of aromatic nitrogens is 2. The van der Waals surface area contributed by atoms with Crippen LogP contribution in [0.3, 0.4) is 0 Å². The molecule has 0 fully saturated rings. The zero-order chi connectivity index (χ0) is 25.2. The van der Waals surface area contributed by atoms with E-state index in [0.717, 1.165) is 0 Å². The predicted octanol–water partition coefficient (Wildman–Crippen LogP) is 1.66. The lowest BCUT2D eigenvalue weighted by molar-refractivity contribution is -0.172. The number of rotatable bonds is 4. The Hall–Kier alpha value is -3.63. The Balaban J connectivity index is 1.81. The fourth-order valence-corrected chi connectivity index (χ4v) is 5.11. The number of hydrogen-bond acceptors (Lipinski definition) is 7. The second-order valence-electron chi connectivity index (χ2n) is 9.07. The van der Waals surface area contributed by atoms with Crippen molar-refractivity contribution in [1.82, 2.24) is 14.9 Å². The fraction of sp³-hybridized carbons (Fsp3) is 0.360. The third-order valence-corrected chi connectivity index (χ3v) is 7.01. The van der Waals surface area contributed by atoms with Crippen molar-refractivity contribution in [3.63, 3.8) is 0 Å². The summed E-state index contributed by atoms with van der Waals surface area (Å²) in [6.45, 7) is 4.80. The highest BCUT2D eigenvalue weighted by atomic mass is 19.1. The van der Waals surface area contributed by atoms with Gasteiger partial charge < -0.3 is 25.5 Å². The van der Waals surface area contributed by atoms with Gasteiger partial charge in [0.25, 0.3) is 5.56 Å². The topological polar surface area (TPSA) is 137 Å². The van der Waals surface area contributed by atoms with E-state index < -0.39 is 29.0 Å². The molecule has 1 amide bonds. The van der Waals surface area contributed by atoms with Crippen molar-refractivity contribution in [2.24, 2.45) is 5.73 Å². The van der Waals surface area contributed by atoms with E-state index in [1.807, 2.05) is 0 Å². The molecule has 4 N–H and O–H groups in total. The van der Waals surface area contributed by atoms with Gasteiger partial charge in [0.05, 0.1) is 41.6 Å². The zero-order valence-electron chi connectivity index (χ0n) is 19.6. The van der Waals surface area contributed by atoms with E-state index in [0.29, 0.717) is 39.0 Å². The van der Waals surface area contributed by atoms with Gasteiger partial charge in [0.2, 0.25) is 5.91 Å². The molecule has 182 valence electrons. The van der Waals surface area contributed by atoms with E-state index in [1.165, 1.54) is 10.6 Å². The molecule has 2 aliphatic rings. The number of halogens is 1. The number of aliphatic hydroxyl groups is 1. The number of ether oxygens (including phenoxy) is 1. The lowest BCUT2D eigenvalue weighted by atomic mass is 9.86. The minimum Gasteiger partial charge on any atom is -0.458 e. The van der Waals surface area contributed by atoms with Gasteiger partial charge in [-0.25, -0.2) is 14.2 Å². The molecule has 3 aromatic rings. The first-order chi connectivity index (χ1) is 16.6. The first kappa shape index (κ1) is 23.1. The third-order valence-electron chi connectivity index (χ3n) is 7.01. The molecule has 0 saturated heterocycles. The van der Waals surface area contributed by atoms with Crippen LogP contribution in [0.5, 0.6) is 0 Å². The monoisotopic (exact) mass is 480 g/mol. The number of aryl methyl sites for hydroxylation is 1. The summed E-state index contributed by atoms with van der Waals surface area (Å²) < 4.78 is 21.1. The number of hydrogen-bond donors (Lipinski definition) is 3. The van der Waals surface area contributed by atoms with Gasteiger partial charge in [-0.05, 0) is 43.5 Å². The van der Waals surface area contributed by atoms with Crippen LogP contribution in [0, 0.1) is 12.7 Å². The summed E-state index contributed by atoms with van der Waals surface area (Å²) in [7, 11) is 0. The predicted molar refractivity (Wildman–Crippen MR) is 125 cm³/mol. The van der Waals surface area contributed by atoms with Crippen molar-refractivity contribution in [1.29, 1.82) is 0 Å². The number of carbonyl (C=O) groups is 2. The molecular formula is C25H25FN4O5. The van der Waals surface area contributed by atoms with Crippen LogP contribution in [-0.4, -0.2) is 33.1 Å². The lowest BCUT2D eigenvalue weighted by Gasteiger charge is -2.31. The highest BCUT2D eigenvalue weighted by Gasteiger charge is 2.45. The van der Waals surface area contributed by atoms with Gasteiger partial charge in [-0.2, -0.15) is 0 Å². The van der Waals surface area contributed by atoms with Crippen molar-refractivity contribution in [3.8, 4) is 11.4 Å². The number of pyridine rings is 2. The largest absolute Gasteiger partial charge is 0.458 e. The Kier molecular flexibility index (Phi) is 5.26. The van der Waals surface area contributed by atoms with Gasteiger partial charge in [0, 0.05) is 22.6 Å². The summed E-state index contributed by atoms with van der Waals surface area (Å²) in [5.41, 5.74) is 6.58. The standard InChI is InChI=1S/C25H25FN4O5/c1-4-25(34)16-6-19-22-14(9-30(19)23(32)15(16)10-35-24(25)33)21(12(3)28-20(31)8-27)13-5-11(2)17(26)7-18(13)29-22/h5-7,12,34H,4,8-10,27H2,1-3H3,(H,28,31)/t12-,25+/m1/s1. The highest BCUT2D eigenvalue weighted by molar-refractivity contribution is 5.90. The number of nitrogens with two attached hydrogens (primary N) is 1. The third kappa shape index (κ3) is 3.28. The number of carbonyl (C=O) groups excluding carboxylic acids is 2. The molecule has 0 aliphatic carbocycles. The first-order valence-corrected chi connectivity index (χ1v) is 11.4. The van der Waals surface area contributed by atoms with Crippen molar-refractivity contribution < 1.29 is 23.8 Å². The highest BCUT2D eigenvalue weighted by Crippen LogP contribution is 2.41. The van der Waals surface area contributed by atoms with Crippen LogP contribution in [0.4, 0.5) is 4.39 Å². The number of nitrogens with zero attached hydrogens (tertiary/aromatic N) is 2. The molecule has 2 aromatic heterocycles. The molecule has 0 radical (unpaired) electrons. The average Bonchev–Trinajstić information content (AvgIpc) is 3.19. The summed E-state index contributed by atoms with van der Waals surface area (Å²) >= 11 is 0. The summed E-state index contributed by atoms with van der Waals surface area (Å²) in [6, 6.07) is 4.10. The smallest absolute Gasteiger partial charge is 0.343 e. The minimum atomic E-state index is -1.95. The van der Waals surface area contributed by atoms with Gasteiger partial charge in [-0.15, -0.1) is 0 Å². The summed E-state index contributed by atoms with van der Waals surface area (Å²) in [4.78, 5) is 42.7. The second-order valence-corrected chi connectivity index (χ2v) is 9.07. The van der Waals surface area contributed by atoms with E-state index in [1.54, 1.807) is 32.9 Å². The van der Waals surface area contributed by atoms with Gasteiger partial charge >= 0.3 is 5.97 Å². The van der Waals surface area contributed by atoms with Crippen LogP contribution in [0.15, 0.2) is 23.0 Å². The number of cyclic esters (lactones) is 1. The minimum absolute atomic E-state index is 0.0254. The number of nitrogens with one attached hydrogen (secondary N) is 1. The fourth-order valence-electron chi connectivity index (χ4n) is 5.11. The molecule has 0 bridgehead atoms. The molecule has 9 nitrogen and oxygen atoms in total. The molecule has 2 aliphatic heterocycles. The van der Waals surface area contributed by atoms with E-state index in [-0.39, 0.29) is 43.2 Å². The zero-order valence-corrected chi connectivity index (χ0v) is 19.6. The van der Waals surface area contributed by atoms with E-state index in [2.05, 4.69) is 10.3 Å². The normalized spacial score (nSPS) is 19.1. The Bertz CT molecular complexity index is 1500. The van der Waals surface area contributed by atoms with Crippen LogP contribution >= 0.6 is 0 Å². The van der Waals surface area contributed by atoms with Crippen LogP contribution in [0.2, 0.25) is 0 Å². The molecule has 2 atom stereocenters. The Labute approximate surface area is 199 Å². The molecule has 10 heteroatoms. The van der Waals surface area contributed by atoms with Gasteiger partial charge in [-0.1, -0.05) is 6.92 Å². The molecule has 4 heterocycles. The Morgan fingerprint density at radius 1 is 1.34 bits per heavy atom. The van der Waals surface area contributed by atoms with Crippen LogP contribution in [0.25, 0.3) is 22.3 Å². The number of esters is 1. The van der Waals surface area contributed by atoms with Gasteiger partial charge in [0.15, 0.2) is 5.60 Å². The van der Waals surface area contributed by atoms with Gasteiger partial charge in [-0.3, -0.25) is 9.59 Å². The van der Waals surface area contributed by atoms with Crippen molar-refractivity contribution in [2.45, 2.75) is 52.0 Å². The molecule has 1 aromatic carbocycles. The van der Waals surface area contributed by atoms with Crippen molar-refractivity contribution >= 4 is 22.8 Å². The second kappa shape index (κ2) is 7.96. The molecule has 0 saturated carbocycles. The molecule has 35 heavy (non-hydrogen) atoms. The summed E-state index contributed by atoms with van der Waals surface area (Å²) in [5.74, 6) is -1.60. The Morgan fingerprint density at radius 2 is 2.09 bits per heavy atom. The number of benzene rings is 1. The van der Waals surface area contributed by atoms with Crippen molar-refractivity contribution in [2.75, 3.05) is 6.54 Å². The van der Waals surface area contributed by atoms with Crippen LogP contribution in [-0.2, 0) is 33.1 Å². The maximum absolute atomic E-state index is 14.5. The quantitative estimate of drug-likeness (QED) is 0.378. The number of fused-ring (bicyclic) bond motifs is 5. The SMILES string of the molecule is CC[C@@]1(O)C(=O)OCc2c1cc1n(c2=O)Cc2c-1nc1cc(F)c(C)cc1c2[C@@H](C)NC(=O)CN. The maximum atomic E-state index is 14.5. The van der Waals surface area contributed by atoms with E-state index >= 15 is 0 Å². The first-order valence-electron chi connectivity index (χ1n) is 11.4. The molecule has 5 rings (SSSR count). The van der Waals surface area contributed by atoms with E-state index in [4.69, 9.17) is 10.5 Å².